The van der Waals surface area contributed by atoms with Crippen LogP contribution < -0.4 is 26.2 Å². The predicted octanol–water partition coefficient (Wildman–Crippen LogP) is 11.8. The monoisotopic (exact) mass is 798 g/mol. The Balaban J connectivity index is 1.14. The fraction of sp³-hybridized carbons (Fsp3) is 0.228. The molecule has 5 heteroatoms. The van der Waals surface area contributed by atoms with Crippen molar-refractivity contribution in [1.29, 1.82) is 0 Å². The van der Waals surface area contributed by atoms with Crippen LogP contribution in [-0.2, 0) is 5.41 Å². The van der Waals surface area contributed by atoms with Gasteiger partial charge >= 0.3 is 0 Å². The van der Waals surface area contributed by atoms with Crippen molar-refractivity contribution in [3.05, 3.63) is 180 Å². The Labute approximate surface area is 364 Å². The van der Waals surface area contributed by atoms with Crippen LogP contribution in [0.1, 0.15) is 61.8 Å². The van der Waals surface area contributed by atoms with Crippen molar-refractivity contribution in [2.45, 2.75) is 51.9 Å². The van der Waals surface area contributed by atoms with E-state index in [0.29, 0.717) is 17.3 Å². The zero-order valence-corrected chi connectivity index (χ0v) is 35.5. The van der Waals surface area contributed by atoms with Crippen molar-refractivity contribution in [3.8, 4) is 22.4 Å². The fourth-order valence-electron chi connectivity index (χ4n) is 15.1. The topological polar surface area (TPSA) is 31.7 Å². The maximum absolute atomic E-state index is 5.40. The average Bonchev–Trinajstić information content (AvgIpc) is 3.91. The van der Waals surface area contributed by atoms with E-state index in [1.807, 2.05) is 18.5 Å². The largest absolute Gasteiger partial charge is 0.311 e. The van der Waals surface area contributed by atoms with Crippen molar-refractivity contribution in [2.75, 3.05) is 9.80 Å². The van der Waals surface area contributed by atoms with Crippen LogP contribution in [0.5, 0.6) is 0 Å². The Morgan fingerprint density at radius 3 is 2.11 bits per heavy atom. The number of aromatic nitrogens is 1. The van der Waals surface area contributed by atoms with E-state index in [-0.39, 0.29) is 12.1 Å². The van der Waals surface area contributed by atoms with Crippen molar-refractivity contribution >= 4 is 62.9 Å². The number of anilines is 6. The van der Waals surface area contributed by atoms with Gasteiger partial charge in [0.1, 0.15) is 0 Å². The average molecular weight is 799 g/mol. The highest BCUT2D eigenvalue weighted by Gasteiger charge is 2.82. The summed E-state index contributed by atoms with van der Waals surface area (Å²) in [5.41, 5.74) is 23.4. The van der Waals surface area contributed by atoms with Crippen molar-refractivity contribution in [3.63, 3.8) is 0 Å². The van der Waals surface area contributed by atoms with Crippen LogP contribution >= 0.6 is 0 Å². The molecule has 2 bridgehead atoms. The van der Waals surface area contributed by atoms with Gasteiger partial charge in [0, 0.05) is 63.1 Å². The van der Waals surface area contributed by atoms with E-state index < -0.39 is 0 Å². The van der Waals surface area contributed by atoms with Gasteiger partial charge < -0.3 is 9.80 Å². The second-order valence-corrected chi connectivity index (χ2v) is 19.3. The second-order valence-electron chi connectivity index (χ2n) is 19.3. The molecular formula is C57H47BN4. The Morgan fingerprint density at radius 1 is 0.694 bits per heavy atom. The molecule has 62 heavy (non-hydrogen) atoms. The zero-order valence-electron chi connectivity index (χ0n) is 35.5. The molecule has 3 heterocycles. The third kappa shape index (κ3) is 4.11. The molecule has 4 nitrogen and oxygen atoms in total. The Morgan fingerprint density at radius 2 is 1.37 bits per heavy atom. The molecule has 7 aromatic rings. The van der Waals surface area contributed by atoms with E-state index in [1.165, 1.54) is 104 Å². The van der Waals surface area contributed by atoms with Gasteiger partial charge in [0.05, 0.1) is 11.4 Å². The molecule has 14 rings (SSSR count). The number of pyridine rings is 1. The summed E-state index contributed by atoms with van der Waals surface area (Å²) in [7, 11) is 0. The van der Waals surface area contributed by atoms with Gasteiger partial charge in [-0.2, -0.15) is 0 Å². The standard InChI is InChI=1S/C57H47BN4/c1-4-25-59-35(3)52-53-41(40-18-8-9-19-43(40)57(53)38-30-36-29-37-31-51(57)56(36,37)33-38)32-42(46-22-14-15-26-60-46)55(52)62-48-24-13-11-21-45(48)58-44-20-10-12-23-47(44)61(39-16-6-5-7-17-39)49-27-34(2)28-50(62)54(49)58/h4-28,32,36-38,51H,29-31,33H2,1-3H3/b25-4-,59-35?. The van der Waals surface area contributed by atoms with Crippen molar-refractivity contribution in [1.82, 2.24) is 4.98 Å². The SMILES string of the molecule is C/C=C\N=C(C)c1c(N2c3ccccc3B3c4ccccc4N(c4ccccc4)c4cc(C)cc2c43)c(-c2ccccn2)cc2c1C1(c3ccccc3-2)C2CC3CC4CC1C34C2. The van der Waals surface area contributed by atoms with Crippen LogP contribution in [0.15, 0.2) is 163 Å². The molecular weight excluding hydrogens is 751 g/mol. The maximum Gasteiger partial charge on any atom is 0.252 e. The summed E-state index contributed by atoms with van der Waals surface area (Å²) in [5, 5.41) is 0. The van der Waals surface area contributed by atoms with Gasteiger partial charge in [-0.15, -0.1) is 0 Å². The van der Waals surface area contributed by atoms with Crippen molar-refractivity contribution < 1.29 is 0 Å². The highest BCUT2D eigenvalue weighted by Crippen LogP contribution is 2.88. The lowest BCUT2D eigenvalue weighted by Crippen LogP contribution is -2.65. The lowest BCUT2D eigenvalue weighted by atomic mass is 9.33. The van der Waals surface area contributed by atoms with Gasteiger partial charge in [0.25, 0.3) is 6.71 Å². The van der Waals surface area contributed by atoms with E-state index in [4.69, 9.17) is 9.98 Å². The van der Waals surface area contributed by atoms with E-state index in [2.05, 4.69) is 170 Å². The van der Waals surface area contributed by atoms with Gasteiger partial charge in [0.15, 0.2) is 0 Å². The third-order valence-electron chi connectivity index (χ3n) is 17.0. The molecule has 0 N–H and O–H groups in total. The van der Waals surface area contributed by atoms with Gasteiger partial charge in [-0.3, -0.25) is 9.98 Å². The molecule has 5 aliphatic carbocycles. The van der Waals surface area contributed by atoms with Crippen LogP contribution in [0.4, 0.5) is 34.1 Å². The van der Waals surface area contributed by atoms with Gasteiger partial charge in [-0.25, -0.2) is 0 Å². The normalized spacial score (nSPS) is 26.1. The van der Waals surface area contributed by atoms with E-state index >= 15 is 0 Å². The molecule has 0 radical (unpaired) electrons. The van der Waals surface area contributed by atoms with Crippen LogP contribution in [0.3, 0.4) is 0 Å². The summed E-state index contributed by atoms with van der Waals surface area (Å²) < 4.78 is 0. The molecule has 1 aromatic heterocycles. The number of allylic oxidation sites excluding steroid dienone is 1. The minimum Gasteiger partial charge on any atom is -0.311 e. The van der Waals surface area contributed by atoms with Gasteiger partial charge in [-0.1, -0.05) is 91.0 Å². The molecule has 6 unspecified atom stereocenters. The minimum atomic E-state index is -0.0499. The number of hydrogen-bond donors (Lipinski definition) is 0. The molecule has 0 amide bonds. The second kappa shape index (κ2) is 12.3. The zero-order chi connectivity index (χ0) is 41.1. The van der Waals surface area contributed by atoms with E-state index in [9.17, 15) is 0 Å². The number of aliphatic imine (C=N–C) groups is 1. The molecule has 2 spiro atoms. The number of aryl methyl sites for hydroxylation is 1. The summed E-state index contributed by atoms with van der Waals surface area (Å²) >= 11 is 0. The number of benzene rings is 6. The first kappa shape index (κ1) is 35.2. The Hall–Kier alpha value is -6.46. The van der Waals surface area contributed by atoms with E-state index in [1.54, 1.807) is 5.56 Å². The fourth-order valence-corrected chi connectivity index (χ4v) is 15.1. The Bertz CT molecular complexity index is 3130. The number of hydrogen-bond acceptors (Lipinski definition) is 4. The lowest BCUT2D eigenvalue weighted by Gasteiger charge is -2.70. The number of nitrogens with zero attached hydrogens (tertiary/aromatic N) is 4. The van der Waals surface area contributed by atoms with Crippen molar-refractivity contribution in [2.24, 2.45) is 34.1 Å². The minimum absolute atomic E-state index is 0.0499. The number of fused-ring (bicyclic) bond motifs is 12. The Kier molecular flexibility index (Phi) is 7.00. The highest BCUT2D eigenvalue weighted by atomic mass is 15.2. The molecule has 7 aliphatic rings. The first-order valence-corrected chi connectivity index (χ1v) is 22.9. The number of para-hydroxylation sites is 3. The highest BCUT2D eigenvalue weighted by molar-refractivity contribution is 7.00. The molecule has 6 atom stereocenters. The van der Waals surface area contributed by atoms with Crippen LogP contribution in [0.2, 0.25) is 0 Å². The molecule has 4 fully saturated rings. The first-order valence-electron chi connectivity index (χ1n) is 22.9. The first-order chi connectivity index (χ1) is 30.5. The summed E-state index contributed by atoms with van der Waals surface area (Å²) in [6.45, 7) is 6.71. The smallest absolute Gasteiger partial charge is 0.252 e. The predicted molar refractivity (Wildman–Crippen MR) is 257 cm³/mol. The lowest BCUT2D eigenvalue weighted by molar-refractivity contribution is -0.193. The molecule has 4 saturated carbocycles. The maximum atomic E-state index is 5.40. The molecule has 6 aromatic carbocycles. The third-order valence-corrected chi connectivity index (χ3v) is 17.0. The summed E-state index contributed by atoms with van der Waals surface area (Å²) in [5.74, 6) is 3.07. The summed E-state index contributed by atoms with van der Waals surface area (Å²) in [6.07, 6.45) is 11.6. The van der Waals surface area contributed by atoms with Gasteiger partial charge in [-0.05, 0) is 174 Å². The quantitative estimate of drug-likeness (QED) is 0.128. The van der Waals surface area contributed by atoms with Crippen LogP contribution in [0, 0.1) is 36.0 Å². The summed E-state index contributed by atoms with van der Waals surface area (Å²) in [6, 6.07) is 52.7. The molecule has 0 saturated heterocycles. The molecule has 298 valence electrons. The van der Waals surface area contributed by atoms with Crippen LogP contribution in [-0.4, -0.2) is 17.4 Å². The number of rotatable bonds is 5. The molecule has 2 aliphatic heterocycles. The summed E-state index contributed by atoms with van der Waals surface area (Å²) in [4.78, 5) is 15.8. The van der Waals surface area contributed by atoms with Crippen LogP contribution in [0.25, 0.3) is 22.4 Å². The van der Waals surface area contributed by atoms with Gasteiger partial charge in [0.2, 0.25) is 0 Å². The van der Waals surface area contributed by atoms with E-state index in [0.717, 1.165) is 28.8 Å².